The van der Waals surface area contributed by atoms with Gasteiger partial charge in [0.15, 0.2) is 0 Å². The molecule has 202 valence electrons. The molecule has 8 nitrogen and oxygen atoms in total. The molecule has 3 aromatic heterocycles. The molecule has 0 aliphatic heterocycles. The highest BCUT2D eigenvalue weighted by atomic mass is 28.3. The molecule has 1 atom stereocenters. The lowest BCUT2D eigenvalue weighted by Crippen LogP contribution is -2.22. The number of aryl methyl sites for hydroxylation is 1. The van der Waals surface area contributed by atoms with Gasteiger partial charge >= 0.3 is 5.97 Å². The van der Waals surface area contributed by atoms with Crippen LogP contribution in [0.3, 0.4) is 0 Å². The molecular formula is C30H35N5O3Si. The molecule has 0 radical (unpaired) electrons. The Bertz CT molecular complexity index is 1600. The van der Waals surface area contributed by atoms with Crippen molar-refractivity contribution in [3.05, 3.63) is 78.2 Å². The van der Waals surface area contributed by atoms with Gasteiger partial charge in [-0.05, 0) is 42.8 Å². The Morgan fingerprint density at radius 3 is 2.49 bits per heavy atom. The predicted octanol–water partition coefficient (Wildman–Crippen LogP) is 6.39. The molecule has 0 fully saturated rings. The number of carboxylic acids is 1. The number of rotatable bonds is 11. The summed E-state index contributed by atoms with van der Waals surface area (Å²) < 4.78 is 10.1. The smallest absolute Gasteiger partial charge is 0.304 e. The van der Waals surface area contributed by atoms with E-state index in [1.165, 1.54) is 0 Å². The third kappa shape index (κ3) is 5.79. The number of hydrogen-bond donors (Lipinski definition) is 1. The average Bonchev–Trinajstić information content (AvgIpc) is 3.48. The molecule has 0 saturated carbocycles. The molecule has 0 aliphatic rings. The minimum atomic E-state index is -1.23. The standard InChI is InChI=1S/C30H35N5O3Si/c1-5-35-26-11-8-16-31-29(26)28(33-35)22-14-12-21(13-15-22)23(19-27(36)37)30-32-24-9-6-7-10-25(24)34(30)20-38-17-18-39(2,3)4/h6-16,23H,5,17-20H2,1-4H3,(H,36,37). The molecule has 39 heavy (non-hydrogen) atoms. The van der Waals surface area contributed by atoms with Crippen LogP contribution in [-0.2, 0) is 22.8 Å². The van der Waals surface area contributed by atoms with Crippen LogP contribution in [0.25, 0.3) is 33.3 Å². The highest BCUT2D eigenvalue weighted by molar-refractivity contribution is 6.76. The van der Waals surface area contributed by atoms with Crippen LogP contribution in [-0.4, -0.2) is 50.1 Å². The summed E-state index contributed by atoms with van der Waals surface area (Å²) in [5.74, 6) is -0.617. The number of carboxylic acid groups (broad SMARTS) is 1. The van der Waals surface area contributed by atoms with E-state index in [1.54, 1.807) is 6.20 Å². The second kappa shape index (κ2) is 11.1. The first-order valence-electron chi connectivity index (χ1n) is 13.4. The fraction of sp³-hybridized carbons (Fsp3) is 0.333. The average molecular weight is 542 g/mol. The second-order valence-corrected chi connectivity index (χ2v) is 16.7. The number of carbonyl (C=O) groups is 1. The van der Waals surface area contributed by atoms with E-state index < -0.39 is 20.0 Å². The number of imidazole rings is 1. The van der Waals surface area contributed by atoms with E-state index in [9.17, 15) is 9.90 Å². The SMILES string of the molecule is CCn1nc(-c2ccc(C(CC(=O)O)c3nc4ccccc4n3COCC[Si](C)(C)C)cc2)c2ncccc21. The maximum absolute atomic E-state index is 12.0. The number of benzene rings is 2. The minimum Gasteiger partial charge on any atom is -0.481 e. The molecule has 0 aliphatic carbocycles. The summed E-state index contributed by atoms with van der Waals surface area (Å²) >= 11 is 0. The molecule has 2 aromatic carbocycles. The number of fused-ring (bicyclic) bond motifs is 2. The van der Waals surface area contributed by atoms with Crippen molar-refractivity contribution in [2.75, 3.05) is 6.61 Å². The Labute approximate surface area is 229 Å². The lowest BCUT2D eigenvalue weighted by Gasteiger charge is -2.19. The number of aromatic nitrogens is 5. The second-order valence-electron chi connectivity index (χ2n) is 11.0. The van der Waals surface area contributed by atoms with Gasteiger partial charge in [-0.3, -0.25) is 14.5 Å². The molecular weight excluding hydrogens is 506 g/mol. The molecule has 9 heteroatoms. The normalized spacial score (nSPS) is 12.8. The summed E-state index contributed by atoms with van der Waals surface area (Å²) in [4.78, 5) is 21.5. The van der Waals surface area contributed by atoms with Crippen molar-refractivity contribution in [1.82, 2.24) is 24.3 Å². The summed E-state index contributed by atoms with van der Waals surface area (Å²) in [7, 11) is -1.23. The van der Waals surface area contributed by atoms with Gasteiger partial charge in [0.2, 0.25) is 0 Å². The first-order chi connectivity index (χ1) is 18.7. The van der Waals surface area contributed by atoms with Gasteiger partial charge in [-0.25, -0.2) is 4.98 Å². The maximum Gasteiger partial charge on any atom is 0.304 e. The van der Waals surface area contributed by atoms with Crippen LogP contribution in [0.5, 0.6) is 0 Å². The van der Waals surface area contributed by atoms with E-state index in [4.69, 9.17) is 14.8 Å². The van der Waals surface area contributed by atoms with Crippen LogP contribution < -0.4 is 0 Å². The zero-order valence-corrected chi connectivity index (χ0v) is 24.0. The lowest BCUT2D eigenvalue weighted by atomic mass is 9.93. The molecule has 1 N–H and O–H groups in total. The van der Waals surface area contributed by atoms with Gasteiger partial charge in [-0.15, -0.1) is 0 Å². The van der Waals surface area contributed by atoms with E-state index in [0.717, 1.165) is 51.5 Å². The van der Waals surface area contributed by atoms with Gasteiger partial charge in [0.25, 0.3) is 0 Å². The molecule has 0 amide bonds. The van der Waals surface area contributed by atoms with E-state index >= 15 is 0 Å². The first kappa shape index (κ1) is 26.8. The zero-order chi connectivity index (χ0) is 27.6. The minimum absolute atomic E-state index is 0.0769. The van der Waals surface area contributed by atoms with Crippen LogP contribution in [0, 0.1) is 0 Å². The van der Waals surface area contributed by atoms with Crippen molar-refractivity contribution in [3.8, 4) is 11.3 Å². The van der Waals surface area contributed by atoms with E-state index in [0.29, 0.717) is 19.2 Å². The van der Waals surface area contributed by atoms with Gasteiger partial charge in [-0.1, -0.05) is 56.0 Å². The summed E-state index contributed by atoms with van der Waals surface area (Å²) in [5.41, 5.74) is 6.25. The van der Waals surface area contributed by atoms with Crippen molar-refractivity contribution >= 4 is 36.1 Å². The fourth-order valence-corrected chi connectivity index (χ4v) is 5.64. The molecule has 0 saturated heterocycles. The quantitative estimate of drug-likeness (QED) is 0.154. The zero-order valence-electron chi connectivity index (χ0n) is 23.0. The van der Waals surface area contributed by atoms with Crippen LogP contribution in [0.4, 0.5) is 0 Å². The summed E-state index contributed by atoms with van der Waals surface area (Å²) in [6.45, 7) is 10.8. The van der Waals surface area contributed by atoms with Crippen molar-refractivity contribution in [2.45, 2.75) is 58.2 Å². The monoisotopic (exact) mass is 541 g/mol. The highest BCUT2D eigenvalue weighted by Crippen LogP contribution is 2.33. The third-order valence-electron chi connectivity index (χ3n) is 6.99. The first-order valence-corrected chi connectivity index (χ1v) is 17.1. The van der Waals surface area contributed by atoms with Gasteiger partial charge in [0.05, 0.1) is 28.9 Å². The van der Waals surface area contributed by atoms with Gasteiger partial charge < -0.3 is 14.4 Å². The summed E-state index contributed by atoms with van der Waals surface area (Å²) in [6, 6.07) is 20.9. The number of ether oxygens (including phenoxy) is 1. The number of pyridine rings is 1. The Morgan fingerprint density at radius 2 is 1.77 bits per heavy atom. The summed E-state index contributed by atoms with van der Waals surface area (Å²) in [6.07, 6.45) is 1.70. The van der Waals surface area contributed by atoms with Crippen LogP contribution in [0.15, 0.2) is 66.9 Å². The number of para-hydroxylation sites is 2. The molecule has 5 rings (SSSR count). The number of nitrogens with zero attached hydrogens (tertiary/aromatic N) is 5. The van der Waals surface area contributed by atoms with E-state index in [2.05, 4.69) is 31.5 Å². The molecule has 5 aromatic rings. The Kier molecular flexibility index (Phi) is 7.63. The lowest BCUT2D eigenvalue weighted by molar-refractivity contribution is -0.137. The van der Waals surface area contributed by atoms with Crippen molar-refractivity contribution in [1.29, 1.82) is 0 Å². The van der Waals surface area contributed by atoms with Crippen molar-refractivity contribution in [3.63, 3.8) is 0 Å². The van der Waals surface area contributed by atoms with Crippen LogP contribution in [0.2, 0.25) is 25.7 Å². The largest absolute Gasteiger partial charge is 0.481 e. The molecule has 1 unspecified atom stereocenters. The summed E-state index contributed by atoms with van der Waals surface area (Å²) in [5, 5.41) is 14.7. The Hall–Kier alpha value is -3.82. The van der Waals surface area contributed by atoms with Crippen LogP contribution >= 0.6 is 0 Å². The predicted molar refractivity (Wildman–Crippen MR) is 157 cm³/mol. The maximum atomic E-state index is 12.0. The topological polar surface area (TPSA) is 95.1 Å². The fourth-order valence-electron chi connectivity index (χ4n) is 4.88. The van der Waals surface area contributed by atoms with Gasteiger partial charge in [-0.2, -0.15) is 5.10 Å². The molecule has 0 spiro atoms. The van der Waals surface area contributed by atoms with Gasteiger partial charge in [0.1, 0.15) is 23.8 Å². The molecule has 0 bridgehead atoms. The van der Waals surface area contributed by atoms with Crippen molar-refractivity contribution in [2.24, 2.45) is 0 Å². The molecule has 3 heterocycles. The highest BCUT2D eigenvalue weighted by Gasteiger charge is 2.25. The van der Waals surface area contributed by atoms with Crippen molar-refractivity contribution < 1.29 is 14.6 Å². The Morgan fingerprint density at radius 1 is 1.03 bits per heavy atom. The van der Waals surface area contributed by atoms with E-state index in [1.807, 2.05) is 69.9 Å². The Balaban J connectivity index is 1.51. The van der Waals surface area contributed by atoms with Crippen LogP contribution in [0.1, 0.15) is 30.7 Å². The number of hydrogen-bond acceptors (Lipinski definition) is 5. The van der Waals surface area contributed by atoms with Gasteiger partial charge in [0, 0.05) is 33.0 Å². The number of aliphatic carboxylic acids is 1. The third-order valence-corrected chi connectivity index (χ3v) is 8.69. The van der Waals surface area contributed by atoms with E-state index in [-0.39, 0.29) is 6.42 Å².